The number of nitrogens with zero attached hydrogens (tertiary/aromatic N) is 1. The third kappa shape index (κ3) is 2.53. The molecular formula is C19H15NO3S. The monoisotopic (exact) mass is 337 g/mol. The summed E-state index contributed by atoms with van der Waals surface area (Å²) >= 11 is 0. The first-order valence-corrected chi connectivity index (χ1v) is 9.02. The molecule has 0 aliphatic carbocycles. The van der Waals surface area contributed by atoms with E-state index in [4.69, 9.17) is 4.74 Å². The fourth-order valence-electron chi connectivity index (χ4n) is 2.80. The minimum atomic E-state index is -3.51. The summed E-state index contributed by atoms with van der Waals surface area (Å²) in [6, 6.07) is 23.7. The number of rotatable bonds is 3. The maximum atomic E-state index is 12.7. The topological polar surface area (TPSA) is 46.6 Å². The van der Waals surface area contributed by atoms with E-state index < -0.39 is 10.0 Å². The summed E-state index contributed by atoms with van der Waals surface area (Å²) in [7, 11) is -3.51. The quantitative estimate of drug-likeness (QED) is 0.720. The standard InChI is InChI=1S/C19H15NO3S/c21-24(22)19-12-11-18(23-17-9-5-2-6-10-17)13-15(19)14-20(24)16-7-3-1-4-8-16/h1-13H,14H2. The lowest BCUT2D eigenvalue weighted by atomic mass is 10.2. The van der Waals surface area contributed by atoms with Crippen LogP contribution in [-0.2, 0) is 16.6 Å². The molecule has 0 bridgehead atoms. The van der Waals surface area contributed by atoms with Crippen molar-refractivity contribution in [2.45, 2.75) is 11.4 Å². The molecule has 1 aliphatic rings. The normalized spacial score (nSPS) is 15.1. The van der Waals surface area contributed by atoms with Crippen LogP contribution >= 0.6 is 0 Å². The Kier molecular flexibility index (Phi) is 3.50. The number of anilines is 1. The molecule has 0 radical (unpaired) electrons. The first kappa shape index (κ1) is 14.8. The molecule has 3 aromatic rings. The van der Waals surface area contributed by atoms with Crippen molar-refractivity contribution in [1.82, 2.24) is 0 Å². The van der Waals surface area contributed by atoms with Gasteiger partial charge in [-0.15, -0.1) is 0 Å². The fourth-order valence-corrected chi connectivity index (χ4v) is 4.44. The van der Waals surface area contributed by atoms with E-state index in [0.29, 0.717) is 22.9 Å². The van der Waals surface area contributed by atoms with Gasteiger partial charge < -0.3 is 4.74 Å². The lowest BCUT2D eigenvalue weighted by Gasteiger charge is -2.16. The van der Waals surface area contributed by atoms with Crippen LogP contribution in [0.15, 0.2) is 83.8 Å². The van der Waals surface area contributed by atoms with Gasteiger partial charge in [-0.3, -0.25) is 4.31 Å². The minimum Gasteiger partial charge on any atom is -0.457 e. The van der Waals surface area contributed by atoms with Gasteiger partial charge in [-0.1, -0.05) is 36.4 Å². The second kappa shape index (κ2) is 5.69. The Bertz CT molecular complexity index is 970. The first-order chi connectivity index (χ1) is 11.6. The largest absolute Gasteiger partial charge is 0.457 e. The Hall–Kier alpha value is -2.79. The van der Waals surface area contributed by atoms with Gasteiger partial charge in [-0.2, -0.15) is 0 Å². The predicted molar refractivity (Wildman–Crippen MR) is 92.8 cm³/mol. The second-order valence-corrected chi connectivity index (χ2v) is 7.36. The lowest BCUT2D eigenvalue weighted by molar-refractivity contribution is 0.481. The number of hydrogen-bond acceptors (Lipinski definition) is 3. The molecule has 1 aliphatic heterocycles. The van der Waals surface area contributed by atoms with Gasteiger partial charge in [0.1, 0.15) is 11.5 Å². The molecule has 4 nitrogen and oxygen atoms in total. The highest BCUT2D eigenvalue weighted by Crippen LogP contribution is 2.36. The summed E-state index contributed by atoms with van der Waals surface area (Å²) in [5.41, 5.74) is 1.41. The highest BCUT2D eigenvalue weighted by molar-refractivity contribution is 7.93. The van der Waals surface area contributed by atoms with E-state index in [1.807, 2.05) is 48.5 Å². The number of fused-ring (bicyclic) bond motifs is 1. The van der Waals surface area contributed by atoms with Crippen LogP contribution in [0.25, 0.3) is 0 Å². The molecule has 120 valence electrons. The minimum absolute atomic E-state index is 0.313. The molecule has 24 heavy (non-hydrogen) atoms. The van der Waals surface area contributed by atoms with Crippen LogP contribution in [0, 0.1) is 0 Å². The van der Waals surface area contributed by atoms with Gasteiger partial charge in [0.25, 0.3) is 10.0 Å². The van der Waals surface area contributed by atoms with Gasteiger partial charge in [0.05, 0.1) is 17.1 Å². The highest BCUT2D eigenvalue weighted by atomic mass is 32.2. The Balaban J connectivity index is 1.68. The van der Waals surface area contributed by atoms with Crippen molar-refractivity contribution < 1.29 is 13.2 Å². The zero-order chi connectivity index (χ0) is 16.6. The van der Waals surface area contributed by atoms with E-state index in [9.17, 15) is 8.42 Å². The van der Waals surface area contributed by atoms with E-state index in [0.717, 1.165) is 11.3 Å². The van der Waals surface area contributed by atoms with Gasteiger partial charge in [0, 0.05) is 0 Å². The number of benzene rings is 3. The molecule has 3 aromatic carbocycles. The van der Waals surface area contributed by atoms with Crippen molar-refractivity contribution in [3.05, 3.63) is 84.4 Å². The summed E-state index contributed by atoms with van der Waals surface area (Å²) < 4.78 is 32.7. The number of para-hydroxylation sites is 2. The van der Waals surface area contributed by atoms with Crippen molar-refractivity contribution in [2.75, 3.05) is 4.31 Å². The van der Waals surface area contributed by atoms with Gasteiger partial charge in [-0.05, 0) is 48.0 Å². The second-order valence-electron chi connectivity index (χ2n) is 5.53. The molecule has 4 rings (SSSR count). The lowest BCUT2D eigenvalue weighted by Crippen LogP contribution is -2.23. The van der Waals surface area contributed by atoms with Crippen molar-refractivity contribution in [2.24, 2.45) is 0 Å². The molecule has 0 amide bonds. The van der Waals surface area contributed by atoms with Crippen LogP contribution < -0.4 is 9.04 Å². The summed E-state index contributed by atoms with van der Waals surface area (Å²) in [4.78, 5) is 0.340. The smallest absolute Gasteiger partial charge is 0.264 e. The summed E-state index contributed by atoms with van der Waals surface area (Å²) in [6.07, 6.45) is 0. The van der Waals surface area contributed by atoms with Crippen LogP contribution in [0.2, 0.25) is 0 Å². The van der Waals surface area contributed by atoms with E-state index in [2.05, 4.69) is 0 Å². The maximum absolute atomic E-state index is 12.7. The molecule has 1 heterocycles. The molecule has 0 atom stereocenters. The summed E-state index contributed by atoms with van der Waals surface area (Å²) in [6.45, 7) is 0.313. The van der Waals surface area contributed by atoms with Gasteiger partial charge >= 0.3 is 0 Å². The average Bonchev–Trinajstić information content (AvgIpc) is 2.87. The first-order valence-electron chi connectivity index (χ1n) is 7.58. The molecule has 0 saturated carbocycles. The van der Waals surface area contributed by atoms with Crippen LogP contribution in [0.1, 0.15) is 5.56 Å². The third-order valence-electron chi connectivity index (χ3n) is 3.94. The van der Waals surface area contributed by atoms with Crippen molar-refractivity contribution in [3.63, 3.8) is 0 Å². The SMILES string of the molecule is O=S1(=O)c2ccc(Oc3ccccc3)cc2CN1c1ccccc1. The third-order valence-corrected chi connectivity index (χ3v) is 5.81. The molecule has 0 spiro atoms. The molecule has 0 fully saturated rings. The van der Waals surface area contributed by atoms with Crippen molar-refractivity contribution in [1.29, 1.82) is 0 Å². The van der Waals surface area contributed by atoms with Crippen LogP contribution in [0.4, 0.5) is 5.69 Å². The Morgan fingerprint density at radius 3 is 2.17 bits per heavy atom. The van der Waals surface area contributed by atoms with E-state index in [1.54, 1.807) is 30.3 Å². The van der Waals surface area contributed by atoms with Crippen LogP contribution in [0.5, 0.6) is 11.5 Å². The molecule has 0 saturated heterocycles. The zero-order valence-electron chi connectivity index (χ0n) is 12.8. The van der Waals surface area contributed by atoms with Crippen LogP contribution in [0.3, 0.4) is 0 Å². The van der Waals surface area contributed by atoms with Crippen molar-refractivity contribution in [3.8, 4) is 11.5 Å². The fraction of sp³-hybridized carbons (Fsp3) is 0.0526. The summed E-state index contributed by atoms with van der Waals surface area (Å²) in [5.74, 6) is 1.35. The molecule has 0 aromatic heterocycles. The molecule has 0 N–H and O–H groups in total. The van der Waals surface area contributed by atoms with Crippen LogP contribution in [-0.4, -0.2) is 8.42 Å². The molecular weight excluding hydrogens is 322 g/mol. The highest BCUT2D eigenvalue weighted by Gasteiger charge is 2.34. The number of hydrogen-bond donors (Lipinski definition) is 0. The predicted octanol–water partition coefficient (Wildman–Crippen LogP) is 4.19. The Morgan fingerprint density at radius 1 is 0.792 bits per heavy atom. The van der Waals surface area contributed by atoms with Crippen molar-refractivity contribution >= 4 is 15.7 Å². The Morgan fingerprint density at radius 2 is 1.46 bits per heavy atom. The Labute approximate surface area is 141 Å². The van der Waals surface area contributed by atoms with E-state index in [1.165, 1.54) is 4.31 Å². The zero-order valence-corrected chi connectivity index (χ0v) is 13.6. The maximum Gasteiger partial charge on any atom is 0.264 e. The van der Waals surface area contributed by atoms with E-state index in [-0.39, 0.29) is 0 Å². The number of sulfonamides is 1. The van der Waals surface area contributed by atoms with Gasteiger partial charge in [-0.25, -0.2) is 8.42 Å². The van der Waals surface area contributed by atoms with Gasteiger partial charge in [0.15, 0.2) is 0 Å². The summed E-state index contributed by atoms with van der Waals surface area (Å²) in [5, 5.41) is 0. The van der Waals surface area contributed by atoms with E-state index >= 15 is 0 Å². The van der Waals surface area contributed by atoms with Gasteiger partial charge in [0.2, 0.25) is 0 Å². The molecule has 5 heteroatoms. The average molecular weight is 337 g/mol. The number of ether oxygens (including phenoxy) is 1. The molecule has 0 unspecified atom stereocenters.